The minimum Gasteiger partial charge on any atom is -0.477 e. The fourth-order valence-electron chi connectivity index (χ4n) is 1.60. The average Bonchev–Trinajstić information content (AvgIpc) is 2.45. The molecule has 0 atom stereocenters. The van der Waals surface area contributed by atoms with E-state index in [1.807, 2.05) is 0 Å². The molecule has 21 heavy (non-hydrogen) atoms. The first-order valence-corrected chi connectivity index (χ1v) is 5.66. The Labute approximate surface area is 116 Å². The molecule has 1 heterocycles. The van der Waals surface area contributed by atoms with Gasteiger partial charge in [-0.15, -0.1) is 0 Å². The molecule has 0 aliphatic rings. The zero-order chi connectivity index (χ0) is 15.6. The number of carbonyl (C=O) groups is 1. The van der Waals surface area contributed by atoms with E-state index < -0.39 is 34.9 Å². The molecule has 0 unspecified atom stereocenters. The molecule has 0 fully saturated rings. The summed E-state index contributed by atoms with van der Waals surface area (Å²) in [7, 11) is 0. The van der Waals surface area contributed by atoms with Gasteiger partial charge >= 0.3 is 5.97 Å². The molecule has 0 bridgehead atoms. The number of aromatic carboxylic acids is 1. The molecule has 0 aliphatic carbocycles. The predicted octanol–water partition coefficient (Wildman–Crippen LogP) is 2.95. The molecule has 0 saturated carbocycles. The summed E-state index contributed by atoms with van der Waals surface area (Å²) in [5, 5.41) is 10.9. The molecule has 0 amide bonds. The van der Waals surface area contributed by atoms with Gasteiger partial charge in [-0.25, -0.2) is 27.3 Å². The van der Waals surface area contributed by atoms with E-state index in [4.69, 9.17) is 5.11 Å². The molecule has 2 rings (SSSR count). The van der Waals surface area contributed by atoms with Gasteiger partial charge in [-0.2, -0.15) is 0 Å². The van der Waals surface area contributed by atoms with Crippen molar-refractivity contribution in [1.29, 1.82) is 0 Å². The van der Waals surface area contributed by atoms with Crippen molar-refractivity contribution in [3.8, 4) is 0 Å². The molecular weight excluding hydrogens is 292 g/mol. The lowest BCUT2D eigenvalue weighted by molar-refractivity contribution is 0.0690. The molecule has 2 N–H and O–H groups in total. The number of carboxylic acids is 1. The summed E-state index contributed by atoms with van der Waals surface area (Å²) < 4.78 is 52.8. The summed E-state index contributed by atoms with van der Waals surface area (Å²) in [5.41, 5.74) is -1.10. The van der Waals surface area contributed by atoms with Crippen LogP contribution in [0.1, 0.15) is 16.2 Å². The summed E-state index contributed by atoms with van der Waals surface area (Å²) in [5.74, 6) is -7.48. The Bertz CT molecular complexity index is 681. The van der Waals surface area contributed by atoms with Gasteiger partial charge in [0.25, 0.3) is 0 Å². The predicted molar refractivity (Wildman–Crippen MR) is 64.8 cm³/mol. The second-order valence-corrected chi connectivity index (χ2v) is 4.02. The van der Waals surface area contributed by atoms with Gasteiger partial charge in [0.05, 0.1) is 12.2 Å². The van der Waals surface area contributed by atoms with Crippen molar-refractivity contribution in [2.24, 2.45) is 0 Å². The minimum atomic E-state index is -1.57. The van der Waals surface area contributed by atoms with Gasteiger partial charge in [0.2, 0.25) is 0 Å². The molecule has 2 aromatic rings. The van der Waals surface area contributed by atoms with Crippen LogP contribution in [0.4, 0.5) is 23.2 Å². The van der Waals surface area contributed by atoms with Crippen LogP contribution in [-0.2, 0) is 6.54 Å². The Kier molecular flexibility index (Phi) is 4.06. The highest BCUT2D eigenvalue weighted by atomic mass is 19.2. The fourth-order valence-corrected chi connectivity index (χ4v) is 1.60. The fraction of sp³-hybridized carbons (Fsp3) is 0.0769. The topological polar surface area (TPSA) is 62.2 Å². The Morgan fingerprint density at radius 2 is 1.76 bits per heavy atom. The summed E-state index contributed by atoms with van der Waals surface area (Å²) >= 11 is 0. The highest BCUT2D eigenvalue weighted by Crippen LogP contribution is 2.24. The number of hydrogen-bond acceptors (Lipinski definition) is 3. The monoisotopic (exact) mass is 300 g/mol. The number of nitrogens with one attached hydrogen (secondary N) is 1. The first kappa shape index (κ1) is 14.8. The highest BCUT2D eigenvalue weighted by Gasteiger charge is 2.19. The molecular formula is C13H8F4N2O2. The number of nitrogens with zero attached hydrogens (tertiary/aromatic N) is 1. The summed E-state index contributed by atoms with van der Waals surface area (Å²) in [6, 6.07) is 4.10. The first-order chi connectivity index (χ1) is 9.90. The summed E-state index contributed by atoms with van der Waals surface area (Å²) in [6.45, 7) is -0.308. The number of aromatic nitrogens is 1. The van der Waals surface area contributed by atoms with Gasteiger partial charge in [0.1, 0.15) is 11.4 Å². The van der Waals surface area contributed by atoms with E-state index in [2.05, 4.69) is 10.3 Å². The Balaban J connectivity index is 2.25. The van der Waals surface area contributed by atoms with Crippen molar-refractivity contribution in [2.45, 2.75) is 6.54 Å². The van der Waals surface area contributed by atoms with Crippen LogP contribution in [0, 0.1) is 23.3 Å². The van der Waals surface area contributed by atoms with Crippen molar-refractivity contribution in [3.05, 3.63) is 58.9 Å². The van der Waals surface area contributed by atoms with Crippen LogP contribution in [0.2, 0.25) is 0 Å². The second kappa shape index (κ2) is 5.78. The van der Waals surface area contributed by atoms with Crippen LogP contribution in [0.15, 0.2) is 24.3 Å². The van der Waals surface area contributed by atoms with Crippen molar-refractivity contribution < 1.29 is 27.5 Å². The van der Waals surface area contributed by atoms with Crippen LogP contribution < -0.4 is 5.32 Å². The number of benzene rings is 1. The lowest BCUT2D eigenvalue weighted by atomic mass is 10.2. The third kappa shape index (κ3) is 3.10. The summed E-state index contributed by atoms with van der Waals surface area (Å²) in [4.78, 5) is 14.4. The largest absolute Gasteiger partial charge is 0.477 e. The van der Waals surface area contributed by atoms with Crippen LogP contribution >= 0.6 is 0 Å². The molecule has 0 saturated heterocycles. The first-order valence-electron chi connectivity index (χ1n) is 5.66. The quantitative estimate of drug-likeness (QED) is 0.673. The number of carboxylic acid groups (broad SMARTS) is 1. The average molecular weight is 300 g/mol. The Morgan fingerprint density at radius 3 is 2.33 bits per heavy atom. The third-order valence-electron chi connectivity index (χ3n) is 2.58. The maximum Gasteiger partial charge on any atom is 0.354 e. The van der Waals surface area contributed by atoms with E-state index in [-0.39, 0.29) is 24.0 Å². The third-order valence-corrected chi connectivity index (χ3v) is 2.58. The van der Waals surface area contributed by atoms with Gasteiger partial charge in [0, 0.05) is 6.07 Å². The standard InChI is InChI=1S/C13H8F4N2O2/c14-7-4-8(15)11(17)12(10(7)16)18-5-6-2-1-3-9(19-6)13(20)21/h1-4,18H,5H2,(H,20,21). The van der Waals surface area contributed by atoms with Gasteiger partial charge in [-0.1, -0.05) is 6.07 Å². The molecule has 8 heteroatoms. The van der Waals surface area contributed by atoms with E-state index in [1.54, 1.807) is 0 Å². The number of hydrogen-bond donors (Lipinski definition) is 2. The summed E-state index contributed by atoms with van der Waals surface area (Å²) in [6.07, 6.45) is 0. The zero-order valence-electron chi connectivity index (χ0n) is 10.3. The Morgan fingerprint density at radius 1 is 1.14 bits per heavy atom. The lowest BCUT2D eigenvalue weighted by Crippen LogP contribution is -2.10. The SMILES string of the molecule is O=C(O)c1cccc(CNc2c(F)c(F)cc(F)c2F)n1. The normalized spacial score (nSPS) is 10.5. The van der Waals surface area contributed by atoms with Crippen molar-refractivity contribution in [3.63, 3.8) is 0 Å². The van der Waals surface area contributed by atoms with E-state index in [0.717, 1.165) is 0 Å². The molecule has 1 aromatic heterocycles. The zero-order valence-corrected chi connectivity index (χ0v) is 10.3. The molecule has 0 aliphatic heterocycles. The lowest BCUT2D eigenvalue weighted by Gasteiger charge is -2.10. The van der Waals surface area contributed by atoms with E-state index in [1.165, 1.54) is 18.2 Å². The molecule has 4 nitrogen and oxygen atoms in total. The van der Waals surface area contributed by atoms with E-state index in [0.29, 0.717) is 0 Å². The van der Waals surface area contributed by atoms with Crippen molar-refractivity contribution in [2.75, 3.05) is 5.32 Å². The van der Waals surface area contributed by atoms with E-state index in [9.17, 15) is 22.4 Å². The smallest absolute Gasteiger partial charge is 0.354 e. The van der Waals surface area contributed by atoms with Crippen molar-refractivity contribution in [1.82, 2.24) is 4.98 Å². The number of halogens is 4. The van der Waals surface area contributed by atoms with E-state index >= 15 is 0 Å². The van der Waals surface area contributed by atoms with Crippen molar-refractivity contribution >= 4 is 11.7 Å². The number of rotatable bonds is 4. The molecule has 110 valence electrons. The maximum atomic E-state index is 13.4. The molecule has 1 aromatic carbocycles. The minimum absolute atomic E-state index is 0.0964. The van der Waals surface area contributed by atoms with Gasteiger partial charge in [-0.05, 0) is 12.1 Å². The van der Waals surface area contributed by atoms with Gasteiger partial charge < -0.3 is 10.4 Å². The highest BCUT2D eigenvalue weighted by molar-refractivity contribution is 5.85. The number of anilines is 1. The van der Waals surface area contributed by atoms with Crippen LogP contribution in [0.3, 0.4) is 0 Å². The molecule has 0 radical (unpaired) electrons. The molecule has 0 spiro atoms. The van der Waals surface area contributed by atoms with Gasteiger partial charge in [-0.3, -0.25) is 0 Å². The number of pyridine rings is 1. The van der Waals surface area contributed by atoms with Crippen LogP contribution in [0.25, 0.3) is 0 Å². The van der Waals surface area contributed by atoms with Gasteiger partial charge in [0.15, 0.2) is 23.3 Å². The second-order valence-electron chi connectivity index (χ2n) is 4.02. The maximum absolute atomic E-state index is 13.4. The Hall–Kier alpha value is -2.64. The van der Waals surface area contributed by atoms with Crippen LogP contribution in [-0.4, -0.2) is 16.1 Å². The van der Waals surface area contributed by atoms with Crippen LogP contribution in [0.5, 0.6) is 0 Å².